The molecule has 0 aliphatic heterocycles. The molecule has 2 aromatic carbocycles. The number of carbonyl (C=O) groups excluding carboxylic acids is 2. The Morgan fingerprint density at radius 2 is 1.83 bits per heavy atom. The van der Waals surface area contributed by atoms with E-state index in [1.807, 2.05) is 0 Å². The lowest BCUT2D eigenvalue weighted by Gasteiger charge is -2.11. The van der Waals surface area contributed by atoms with Crippen molar-refractivity contribution in [2.45, 2.75) is 6.92 Å². The molecule has 0 saturated carbocycles. The zero-order valence-corrected chi connectivity index (χ0v) is 15.4. The highest BCUT2D eigenvalue weighted by molar-refractivity contribution is 6.07. The molecular weight excluding hydrogens is 380 g/mol. The molecule has 0 unspecified atom stereocenters. The molecule has 1 amide bonds. The molecule has 0 aliphatic carbocycles. The first-order valence-electron chi connectivity index (χ1n) is 8.73. The number of ether oxygens (including phenoxy) is 1. The number of pyridine rings is 1. The third kappa shape index (κ3) is 4.92. The summed E-state index contributed by atoms with van der Waals surface area (Å²) in [7, 11) is 0. The standard InChI is InChI=1S/C21H17F2N3O3/c1-2-29-21(28)15-5-3-4-6-17(15)26-20(27)19-10-8-14(12-24-19)25-18-9-7-13(22)11-16(18)23/h3-12,25H,2H2,1H3,(H,26,27). The van der Waals surface area contributed by atoms with E-state index in [1.165, 1.54) is 24.4 Å². The van der Waals surface area contributed by atoms with E-state index in [2.05, 4.69) is 15.6 Å². The molecule has 2 N–H and O–H groups in total. The minimum absolute atomic E-state index is 0.0776. The quantitative estimate of drug-likeness (QED) is 0.598. The molecule has 6 nitrogen and oxygen atoms in total. The van der Waals surface area contributed by atoms with Crippen LogP contribution >= 0.6 is 0 Å². The summed E-state index contributed by atoms with van der Waals surface area (Å²) in [4.78, 5) is 28.5. The van der Waals surface area contributed by atoms with Gasteiger partial charge in [0.2, 0.25) is 0 Å². The number of hydrogen-bond donors (Lipinski definition) is 2. The number of carbonyl (C=O) groups is 2. The van der Waals surface area contributed by atoms with E-state index in [1.54, 1.807) is 31.2 Å². The van der Waals surface area contributed by atoms with Crippen molar-refractivity contribution in [3.8, 4) is 0 Å². The van der Waals surface area contributed by atoms with Gasteiger partial charge in [-0.15, -0.1) is 0 Å². The SMILES string of the molecule is CCOC(=O)c1ccccc1NC(=O)c1ccc(Nc2ccc(F)cc2F)cn1. The lowest BCUT2D eigenvalue weighted by Crippen LogP contribution is -2.17. The maximum absolute atomic E-state index is 13.7. The first kappa shape index (κ1) is 19.9. The van der Waals surface area contributed by atoms with Gasteiger partial charge in [-0.05, 0) is 43.3 Å². The Kier molecular flexibility index (Phi) is 6.13. The van der Waals surface area contributed by atoms with Crippen molar-refractivity contribution in [3.63, 3.8) is 0 Å². The van der Waals surface area contributed by atoms with Crippen LogP contribution in [-0.2, 0) is 4.74 Å². The largest absolute Gasteiger partial charge is 0.462 e. The number of aromatic nitrogens is 1. The second kappa shape index (κ2) is 8.92. The van der Waals surface area contributed by atoms with E-state index >= 15 is 0 Å². The second-order valence-corrected chi connectivity index (χ2v) is 5.90. The lowest BCUT2D eigenvalue weighted by molar-refractivity contribution is 0.0527. The highest BCUT2D eigenvalue weighted by atomic mass is 19.1. The summed E-state index contributed by atoms with van der Waals surface area (Å²) >= 11 is 0. The minimum Gasteiger partial charge on any atom is -0.462 e. The highest BCUT2D eigenvalue weighted by Crippen LogP contribution is 2.21. The summed E-state index contributed by atoms with van der Waals surface area (Å²) in [5.41, 5.74) is 1.11. The minimum atomic E-state index is -0.748. The molecular formula is C21H17F2N3O3. The summed E-state index contributed by atoms with van der Waals surface area (Å²) in [5, 5.41) is 5.38. The maximum Gasteiger partial charge on any atom is 0.340 e. The summed E-state index contributed by atoms with van der Waals surface area (Å²) in [6.45, 7) is 1.90. The van der Waals surface area contributed by atoms with Crippen LogP contribution in [0.3, 0.4) is 0 Å². The zero-order chi connectivity index (χ0) is 20.8. The summed E-state index contributed by atoms with van der Waals surface area (Å²) in [6, 6.07) is 12.6. The average molecular weight is 397 g/mol. The fraction of sp³-hybridized carbons (Fsp3) is 0.0952. The number of esters is 1. The number of rotatable bonds is 6. The Bertz CT molecular complexity index is 1040. The third-order valence-electron chi connectivity index (χ3n) is 3.88. The number of para-hydroxylation sites is 1. The predicted molar refractivity (Wildman–Crippen MR) is 104 cm³/mol. The van der Waals surface area contributed by atoms with E-state index < -0.39 is 23.5 Å². The van der Waals surface area contributed by atoms with Crippen molar-refractivity contribution in [1.82, 2.24) is 4.98 Å². The average Bonchev–Trinajstić information content (AvgIpc) is 2.71. The number of nitrogens with one attached hydrogen (secondary N) is 2. The molecule has 0 radical (unpaired) electrons. The Morgan fingerprint density at radius 1 is 1.03 bits per heavy atom. The molecule has 1 heterocycles. The number of halogens is 2. The van der Waals surface area contributed by atoms with Gasteiger partial charge in [0.15, 0.2) is 0 Å². The van der Waals surface area contributed by atoms with E-state index in [4.69, 9.17) is 4.74 Å². The van der Waals surface area contributed by atoms with Gasteiger partial charge in [-0.1, -0.05) is 12.1 Å². The van der Waals surface area contributed by atoms with Crippen LogP contribution in [0.5, 0.6) is 0 Å². The van der Waals surface area contributed by atoms with Crippen LogP contribution in [0, 0.1) is 11.6 Å². The number of hydrogen-bond acceptors (Lipinski definition) is 5. The first-order valence-corrected chi connectivity index (χ1v) is 8.73. The zero-order valence-electron chi connectivity index (χ0n) is 15.4. The van der Waals surface area contributed by atoms with Crippen molar-refractivity contribution in [2.75, 3.05) is 17.2 Å². The van der Waals surface area contributed by atoms with Crippen molar-refractivity contribution in [2.24, 2.45) is 0 Å². The molecule has 0 atom stereocenters. The first-order chi connectivity index (χ1) is 14.0. The molecule has 29 heavy (non-hydrogen) atoms. The van der Waals surface area contributed by atoms with Gasteiger partial charge in [-0.2, -0.15) is 0 Å². The molecule has 1 aromatic heterocycles. The molecule has 0 bridgehead atoms. The van der Waals surface area contributed by atoms with Crippen LogP contribution in [0.1, 0.15) is 27.8 Å². The van der Waals surface area contributed by atoms with Crippen LogP contribution in [0.25, 0.3) is 0 Å². The van der Waals surface area contributed by atoms with Gasteiger partial charge in [0, 0.05) is 6.07 Å². The molecule has 3 aromatic rings. The number of benzene rings is 2. The summed E-state index contributed by atoms with van der Waals surface area (Å²) in [6.07, 6.45) is 1.34. The molecule has 0 spiro atoms. The maximum atomic E-state index is 13.7. The van der Waals surface area contributed by atoms with Gasteiger partial charge in [0.25, 0.3) is 5.91 Å². The molecule has 0 aliphatic rings. The van der Waals surface area contributed by atoms with Crippen LogP contribution < -0.4 is 10.6 Å². The van der Waals surface area contributed by atoms with Crippen molar-refractivity contribution in [3.05, 3.63) is 83.7 Å². The van der Waals surface area contributed by atoms with Crippen LogP contribution in [-0.4, -0.2) is 23.5 Å². The monoisotopic (exact) mass is 397 g/mol. The Hall–Kier alpha value is -3.81. The van der Waals surface area contributed by atoms with E-state index in [0.29, 0.717) is 11.4 Å². The van der Waals surface area contributed by atoms with Gasteiger partial charge >= 0.3 is 5.97 Å². The van der Waals surface area contributed by atoms with Crippen LogP contribution in [0.4, 0.5) is 25.8 Å². The normalized spacial score (nSPS) is 10.3. The lowest BCUT2D eigenvalue weighted by atomic mass is 10.1. The Balaban J connectivity index is 1.72. The van der Waals surface area contributed by atoms with Crippen molar-refractivity contribution < 1.29 is 23.1 Å². The Morgan fingerprint density at radius 3 is 2.52 bits per heavy atom. The van der Waals surface area contributed by atoms with E-state index in [9.17, 15) is 18.4 Å². The van der Waals surface area contributed by atoms with Crippen LogP contribution in [0.2, 0.25) is 0 Å². The van der Waals surface area contributed by atoms with Gasteiger partial charge in [0.1, 0.15) is 17.3 Å². The Labute approximate surface area is 165 Å². The van der Waals surface area contributed by atoms with Gasteiger partial charge in [0.05, 0.1) is 35.4 Å². The molecule has 8 heteroatoms. The molecule has 0 fully saturated rings. The van der Waals surface area contributed by atoms with Gasteiger partial charge in [-0.25, -0.2) is 18.6 Å². The number of nitrogens with zero attached hydrogens (tertiary/aromatic N) is 1. The number of anilines is 3. The topological polar surface area (TPSA) is 80.3 Å². The van der Waals surface area contributed by atoms with Gasteiger partial charge in [-0.3, -0.25) is 4.79 Å². The third-order valence-corrected chi connectivity index (χ3v) is 3.88. The fourth-order valence-electron chi connectivity index (χ4n) is 2.51. The van der Waals surface area contributed by atoms with Crippen LogP contribution in [0.15, 0.2) is 60.8 Å². The molecule has 3 rings (SSSR count). The summed E-state index contributed by atoms with van der Waals surface area (Å²) < 4.78 is 31.7. The van der Waals surface area contributed by atoms with Crippen molar-refractivity contribution >= 4 is 28.9 Å². The fourth-order valence-corrected chi connectivity index (χ4v) is 2.51. The molecule has 0 saturated heterocycles. The van der Waals surface area contributed by atoms with E-state index in [0.717, 1.165) is 12.1 Å². The molecule has 148 valence electrons. The predicted octanol–water partition coefficient (Wildman–Crippen LogP) is 4.53. The second-order valence-electron chi connectivity index (χ2n) is 5.90. The smallest absolute Gasteiger partial charge is 0.340 e. The van der Waals surface area contributed by atoms with E-state index in [-0.39, 0.29) is 23.6 Å². The van der Waals surface area contributed by atoms with Gasteiger partial charge < -0.3 is 15.4 Å². The number of amides is 1. The summed E-state index contributed by atoms with van der Waals surface area (Å²) in [5.74, 6) is -2.50. The highest BCUT2D eigenvalue weighted by Gasteiger charge is 2.15. The van der Waals surface area contributed by atoms with Crippen molar-refractivity contribution in [1.29, 1.82) is 0 Å².